The number of halogens is 1. The maximum Gasteiger partial charge on any atom is 0.285 e. The van der Waals surface area contributed by atoms with Crippen LogP contribution in [0.1, 0.15) is 37.6 Å². The van der Waals surface area contributed by atoms with Crippen LogP contribution in [0.25, 0.3) is 0 Å². The first-order valence-electron chi connectivity index (χ1n) is 6.49. The molecule has 0 aliphatic carbocycles. The molecule has 1 atom stereocenters. The molecule has 0 aliphatic heterocycles. The molecule has 0 spiro atoms. The van der Waals surface area contributed by atoms with E-state index in [1.807, 2.05) is 20.8 Å². The quantitative estimate of drug-likeness (QED) is 0.644. The largest absolute Gasteiger partial charge is 0.394 e. The molecule has 0 radical (unpaired) electrons. The van der Waals surface area contributed by atoms with E-state index < -0.39 is 28.4 Å². The van der Waals surface area contributed by atoms with Crippen LogP contribution in [0.15, 0.2) is 18.2 Å². The summed E-state index contributed by atoms with van der Waals surface area (Å²) in [4.78, 5) is 22.1. The number of hydrogen-bond donors (Lipinski definition) is 2. The molecule has 0 heterocycles. The Bertz CT molecular complexity index is 540. The lowest BCUT2D eigenvalue weighted by molar-refractivity contribution is -0.385. The van der Waals surface area contributed by atoms with E-state index in [9.17, 15) is 24.4 Å². The van der Waals surface area contributed by atoms with E-state index in [1.165, 1.54) is 0 Å². The van der Waals surface area contributed by atoms with Crippen molar-refractivity contribution in [1.29, 1.82) is 0 Å². The zero-order chi connectivity index (χ0) is 16.2. The monoisotopic (exact) mass is 298 g/mol. The minimum absolute atomic E-state index is 0.130. The summed E-state index contributed by atoms with van der Waals surface area (Å²) < 4.78 is 13.0. The zero-order valence-electron chi connectivity index (χ0n) is 12.2. The Morgan fingerprint density at radius 1 is 1.48 bits per heavy atom. The van der Waals surface area contributed by atoms with Crippen LogP contribution in [0.3, 0.4) is 0 Å². The molecule has 0 fully saturated rings. The Morgan fingerprint density at radius 3 is 2.57 bits per heavy atom. The fraction of sp³-hybridized carbons (Fsp3) is 0.500. The van der Waals surface area contributed by atoms with E-state index >= 15 is 0 Å². The van der Waals surface area contributed by atoms with Crippen molar-refractivity contribution in [2.75, 3.05) is 6.61 Å². The molecule has 0 saturated heterocycles. The van der Waals surface area contributed by atoms with E-state index in [0.717, 1.165) is 12.1 Å². The molecule has 0 saturated carbocycles. The highest BCUT2D eigenvalue weighted by molar-refractivity contribution is 5.98. The smallest absolute Gasteiger partial charge is 0.285 e. The minimum atomic E-state index is -0.810. The Hall–Kier alpha value is -2.02. The summed E-state index contributed by atoms with van der Waals surface area (Å²) in [6, 6.07) is 2.22. The molecule has 2 N–H and O–H groups in total. The van der Waals surface area contributed by atoms with Crippen molar-refractivity contribution in [3.8, 4) is 0 Å². The lowest BCUT2D eigenvalue weighted by Gasteiger charge is -2.25. The van der Waals surface area contributed by atoms with Crippen LogP contribution < -0.4 is 5.32 Å². The van der Waals surface area contributed by atoms with Crippen molar-refractivity contribution in [2.45, 2.75) is 33.2 Å². The molecule has 0 aromatic heterocycles. The maximum absolute atomic E-state index is 13.0. The Balaban J connectivity index is 2.96. The molecule has 1 unspecified atom stereocenters. The second kappa shape index (κ2) is 6.62. The number of nitrogens with zero attached hydrogens (tertiary/aromatic N) is 1. The van der Waals surface area contributed by atoms with Gasteiger partial charge in [-0.3, -0.25) is 14.9 Å². The van der Waals surface area contributed by atoms with E-state index in [0.29, 0.717) is 12.5 Å². The van der Waals surface area contributed by atoms with Gasteiger partial charge in [0.15, 0.2) is 0 Å². The number of benzene rings is 1. The van der Waals surface area contributed by atoms with Crippen LogP contribution in [-0.2, 0) is 0 Å². The van der Waals surface area contributed by atoms with Gasteiger partial charge in [0.05, 0.1) is 23.6 Å². The van der Waals surface area contributed by atoms with Crippen LogP contribution in [-0.4, -0.2) is 28.6 Å². The highest BCUT2D eigenvalue weighted by Crippen LogP contribution is 2.22. The van der Waals surface area contributed by atoms with Crippen molar-refractivity contribution < 1.29 is 19.2 Å². The average Bonchev–Trinajstić information content (AvgIpc) is 2.35. The lowest BCUT2D eigenvalue weighted by Crippen LogP contribution is -2.40. The Kier molecular flexibility index (Phi) is 5.37. The van der Waals surface area contributed by atoms with Crippen molar-refractivity contribution >= 4 is 11.6 Å². The minimum Gasteiger partial charge on any atom is -0.394 e. The first-order valence-corrected chi connectivity index (χ1v) is 6.49. The molecule has 1 aromatic carbocycles. The Morgan fingerprint density at radius 2 is 2.10 bits per heavy atom. The molecule has 1 aromatic rings. The number of carbonyl (C=O) groups is 1. The van der Waals surface area contributed by atoms with Gasteiger partial charge >= 0.3 is 0 Å². The van der Waals surface area contributed by atoms with Gasteiger partial charge in [0.25, 0.3) is 11.6 Å². The summed E-state index contributed by atoms with van der Waals surface area (Å²) in [7, 11) is 0. The van der Waals surface area contributed by atoms with Gasteiger partial charge in [-0.15, -0.1) is 0 Å². The fourth-order valence-corrected chi connectivity index (χ4v) is 2.01. The van der Waals surface area contributed by atoms with Crippen molar-refractivity contribution in [2.24, 2.45) is 5.41 Å². The highest BCUT2D eigenvalue weighted by Gasteiger charge is 2.25. The Labute approximate surface area is 122 Å². The fourth-order valence-electron chi connectivity index (χ4n) is 2.01. The van der Waals surface area contributed by atoms with Crippen LogP contribution in [0.2, 0.25) is 0 Å². The molecular formula is C14H19FN2O4. The van der Waals surface area contributed by atoms with Crippen molar-refractivity contribution in [3.63, 3.8) is 0 Å². The number of amides is 1. The van der Waals surface area contributed by atoms with E-state index in [4.69, 9.17) is 0 Å². The van der Waals surface area contributed by atoms with Crippen LogP contribution in [0, 0.1) is 21.3 Å². The predicted octanol–water partition coefficient (Wildman–Crippen LogP) is 2.26. The standard InChI is InChI=1S/C14H19FN2O4/c1-14(2,3)7-10(8-18)16-13(19)11-5-4-9(15)6-12(11)17(20)21/h4-6,10,18H,7-8H2,1-3H3,(H,16,19). The predicted molar refractivity (Wildman–Crippen MR) is 75.5 cm³/mol. The third kappa shape index (κ3) is 5.11. The van der Waals surface area contributed by atoms with Crippen molar-refractivity contribution in [3.05, 3.63) is 39.7 Å². The second-order valence-corrected chi connectivity index (χ2v) is 6.04. The zero-order valence-corrected chi connectivity index (χ0v) is 12.2. The van der Waals surface area contributed by atoms with Gasteiger partial charge in [-0.2, -0.15) is 0 Å². The van der Waals surface area contributed by atoms with Crippen LogP contribution in [0.5, 0.6) is 0 Å². The van der Waals surface area contributed by atoms with E-state index in [1.54, 1.807) is 0 Å². The first kappa shape index (κ1) is 17.0. The molecule has 1 amide bonds. The summed E-state index contributed by atoms with van der Waals surface area (Å²) in [5.41, 5.74) is -0.955. The van der Waals surface area contributed by atoms with Gasteiger partial charge in [-0.25, -0.2) is 4.39 Å². The summed E-state index contributed by atoms with van der Waals surface area (Å²) in [5.74, 6) is -1.49. The van der Waals surface area contributed by atoms with Gasteiger partial charge in [-0.05, 0) is 24.0 Å². The molecule has 1 rings (SSSR count). The third-order valence-corrected chi connectivity index (χ3v) is 2.82. The van der Waals surface area contributed by atoms with Crippen LogP contribution in [0.4, 0.5) is 10.1 Å². The molecular weight excluding hydrogens is 279 g/mol. The first-order chi connectivity index (χ1) is 9.64. The summed E-state index contributed by atoms with van der Waals surface area (Å²) in [5, 5.41) is 22.7. The topological polar surface area (TPSA) is 92.5 Å². The van der Waals surface area contributed by atoms with Gasteiger partial charge in [-0.1, -0.05) is 20.8 Å². The number of aliphatic hydroxyl groups is 1. The number of rotatable bonds is 5. The molecule has 21 heavy (non-hydrogen) atoms. The number of nitrogens with one attached hydrogen (secondary N) is 1. The van der Waals surface area contributed by atoms with Gasteiger partial charge < -0.3 is 10.4 Å². The SMILES string of the molecule is CC(C)(C)CC(CO)NC(=O)c1ccc(F)cc1[N+](=O)[O-]. The van der Waals surface area contributed by atoms with Gasteiger partial charge in [0, 0.05) is 0 Å². The number of nitro groups is 1. The number of carbonyl (C=O) groups excluding carboxylic acids is 1. The normalized spacial score (nSPS) is 12.8. The summed E-state index contributed by atoms with van der Waals surface area (Å²) in [6.07, 6.45) is 0.504. The maximum atomic E-state index is 13.0. The van der Waals surface area contributed by atoms with E-state index in [-0.39, 0.29) is 17.6 Å². The van der Waals surface area contributed by atoms with Gasteiger partial charge in [0.1, 0.15) is 11.4 Å². The number of aliphatic hydroxyl groups excluding tert-OH is 1. The van der Waals surface area contributed by atoms with E-state index in [2.05, 4.69) is 5.32 Å². The number of hydrogen-bond acceptors (Lipinski definition) is 4. The molecule has 7 heteroatoms. The summed E-state index contributed by atoms with van der Waals surface area (Å²) in [6.45, 7) is 5.56. The average molecular weight is 298 g/mol. The number of nitro benzene ring substituents is 1. The molecule has 116 valence electrons. The molecule has 0 bridgehead atoms. The molecule has 0 aliphatic rings. The van der Waals surface area contributed by atoms with Crippen LogP contribution >= 0.6 is 0 Å². The third-order valence-electron chi connectivity index (χ3n) is 2.82. The lowest BCUT2D eigenvalue weighted by atomic mass is 9.88. The highest BCUT2D eigenvalue weighted by atomic mass is 19.1. The van der Waals surface area contributed by atoms with Gasteiger partial charge in [0.2, 0.25) is 0 Å². The summed E-state index contributed by atoms with van der Waals surface area (Å²) >= 11 is 0. The molecule has 6 nitrogen and oxygen atoms in total. The van der Waals surface area contributed by atoms with Crippen molar-refractivity contribution in [1.82, 2.24) is 5.32 Å². The second-order valence-electron chi connectivity index (χ2n) is 6.04.